The summed E-state index contributed by atoms with van der Waals surface area (Å²) in [7, 11) is 0. The van der Waals surface area contributed by atoms with E-state index in [1.54, 1.807) is 0 Å². The molecule has 1 unspecified atom stereocenters. The smallest absolute Gasteiger partial charge is 0.226 e. The van der Waals surface area contributed by atoms with E-state index < -0.39 is 0 Å². The summed E-state index contributed by atoms with van der Waals surface area (Å²) in [5, 5.41) is 7.84. The number of aromatic nitrogens is 3. The molecule has 7 nitrogen and oxygen atoms in total. The fourth-order valence-electron chi connectivity index (χ4n) is 3.80. The normalized spacial score (nSPS) is 21.5. The third-order valence-corrected chi connectivity index (χ3v) is 4.86. The van der Waals surface area contributed by atoms with Gasteiger partial charge in [0.15, 0.2) is 17.3 Å². The van der Waals surface area contributed by atoms with Crippen LogP contribution in [-0.4, -0.2) is 33.8 Å². The van der Waals surface area contributed by atoms with Crippen LogP contribution in [0.1, 0.15) is 36.7 Å². The molecule has 2 aliphatic heterocycles. The van der Waals surface area contributed by atoms with Crippen molar-refractivity contribution >= 4 is 11.7 Å². The number of anilines is 1. The molecule has 0 saturated carbocycles. The zero-order valence-electron chi connectivity index (χ0n) is 13.9. The number of ether oxygens (including phenoxy) is 2. The second-order valence-electron chi connectivity index (χ2n) is 6.53. The molecule has 1 N–H and O–H groups in total. The van der Waals surface area contributed by atoms with Crippen molar-refractivity contribution in [1.82, 2.24) is 14.8 Å². The summed E-state index contributed by atoms with van der Waals surface area (Å²) >= 11 is 0. The van der Waals surface area contributed by atoms with Gasteiger partial charge in [-0.3, -0.25) is 4.79 Å². The van der Waals surface area contributed by atoms with Crippen LogP contribution in [0.5, 0.6) is 11.5 Å². The summed E-state index contributed by atoms with van der Waals surface area (Å²) in [6.45, 7) is 2.94. The average Bonchev–Trinajstić information content (AvgIpc) is 2.99. The number of nitrogens with one attached hydrogen (secondary N) is 1. The Hall–Kier alpha value is -2.83. The quantitative estimate of drug-likeness (QED) is 0.860. The maximum atomic E-state index is 12.7. The molecule has 7 heteroatoms. The molecule has 0 bridgehead atoms. The molecular formula is C18H18N4O3. The van der Waals surface area contributed by atoms with E-state index in [2.05, 4.69) is 15.4 Å². The Kier molecular flexibility index (Phi) is 3.10. The van der Waals surface area contributed by atoms with E-state index in [9.17, 15) is 4.79 Å². The molecule has 0 radical (unpaired) electrons. The Morgan fingerprint density at radius 1 is 1.20 bits per heavy atom. The number of hydrogen-bond acceptors (Lipinski definition) is 6. The van der Waals surface area contributed by atoms with Crippen molar-refractivity contribution in [2.45, 2.75) is 32.2 Å². The predicted molar refractivity (Wildman–Crippen MR) is 89.8 cm³/mol. The SMILES string of the molecule is Cc1nc2n(n1)C(c1ccc3c(c1)OCCO3)C1=C(CCCC1=O)N2. The van der Waals surface area contributed by atoms with Crippen molar-refractivity contribution in [2.24, 2.45) is 0 Å². The summed E-state index contributed by atoms with van der Waals surface area (Å²) in [6, 6.07) is 5.56. The van der Waals surface area contributed by atoms with Crippen molar-refractivity contribution in [1.29, 1.82) is 0 Å². The van der Waals surface area contributed by atoms with Crippen molar-refractivity contribution in [2.75, 3.05) is 18.5 Å². The van der Waals surface area contributed by atoms with Gasteiger partial charge in [-0.15, -0.1) is 0 Å². The van der Waals surface area contributed by atoms with Crippen molar-refractivity contribution < 1.29 is 14.3 Å². The number of ketones is 1. The molecule has 1 aromatic carbocycles. The molecule has 5 rings (SSSR count). The van der Waals surface area contributed by atoms with Crippen LogP contribution in [-0.2, 0) is 4.79 Å². The molecular weight excluding hydrogens is 320 g/mol. The van der Waals surface area contributed by atoms with Crippen molar-refractivity contribution in [3.63, 3.8) is 0 Å². The van der Waals surface area contributed by atoms with Gasteiger partial charge in [-0.2, -0.15) is 10.1 Å². The molecule has 128 valence electrons. The zero-order valence-corrected chi connectivity index (χ0v) is 13.9. The number of allylic oxidation sites excluding steroid dienone is 2. The number of fused-ring (bicyclic) bond motifs is 2. The topological polar surface area (TPSA) is 78.3 Å². The van der Waals surface area contributed by atoms with E-state index in [-0.39, 0.29) is 11.8 Å². The first-order chi connectivity index (χ1) is 12.2. The average molecular weight is 338 g/mol. The van der Waals surface area contributed by atoms with E-state index in [0.717, 1.165) is 35.4 Å². The number of carbonyl (C=O) groups is 1. The van der Waals surface area contributed by atoms with Crippen LogP contribution in [0.4, 0.5) is 5.95 Å². The minimum absolute atomic E-state index is 0.174. The maximum absolute atomic E-state index is 12.7. The van der Waals surface area contributed by atoms with E-state index in [4.69, 9.17) is 9.47 Å². The van der Waals surface area contributed by atoms with Crippen LogP contribution in [0, 0.1) is 6.92 Å². The van der Waals surface area contributed by atoms with Gasteiger partial charge in [-0.05, 0) is 37.5 Å². The molecule has 0 spiro atoms. The van der Waals surface area contributed by atoms with E-state index >= 15 is 0 Å². The molecule has 0 fully saturated rings. The molecule has 0 saturated heterocycles. The van der Waals surface area contributed by atoms with Crippen LogP contribution >= 0.6 is 0 Å². The lowest BCUT2D eigenvalue weighted by Gasteiger charge is -2.32. The van der Waals surface area contributed by atoms with E-state index in [1.165, 1.54) is 0 Å². The lowest BCUT2D eigenvalue weighted by molar-refractivity contribution is -0.116. The highest BCUT2D eigenvalue weighted by Gasteiger charge is 2.37. The fourth-order valence-corrected chi connectivity index (χ4v) is 3.80. The fraction of sp³-hybridized carbons (Fsp3) is 0.389. The molecule has 2 aromatic rings. The number of hydrogen-bond donors (Lipinski definition) is 1. The molecule has 3 heterocycles. The first kappa shape index (κ1) is 14.5. The molecule has 1 aromatic heterocycles. The van der Waals surface area contributed by atoms with E-state index in [0.29, 0.717) is 37.2 Å². The third-order valence-electron chi connectivity index (χ3n) is 4.86. The summed E-state index contributed by atoms with van der Waals surface area (Å²) in [6.07, 6.45) is 2.30. The second-order valence-corrected chi connectivity index (χ2v) is 6.53. The summed E-state index contributed by atoms with van der Waals surface area (Å²) in [4.78, 5) is 17.2. The van der Waals surface area contributed by atoms with Crippen LogP contribution in [0.15, 0.2) is 29.5 Å². The summed E-state index contributed by atoms with van der Waals surface area (Å²) < 4.78 is 13.1. The number of carbonyl (C=O) groups excluding carboxylic acids is 1. The number of aryl methyl sites for hydroxylation is 1. The molecule has 3 aliphatic rings. The van der Waals surface area contributed by atoms with Gasteiger partial charge < -0.3 is 14.8 Å². The molecule has 1 atom stereocenters. The number of benzene rings is 1. The molecule has 25 heavy (non-hydrogen) atoms. The number of Topliss-reactive ketones (excluding diaryl/α,β-unsaturated/α-hetero) is 1. The van der Waals surface area contributed by atoms with Crippen LogP contribution < -0.4 is 14.8 Å². The second kappa shape index (κ2) is 5.34. The van der Waals surface area contributed by atoms with E-state index in [1.807, 2.05) is 29.8 Å². The Bertz CT molecular complexity index is 915. The number of nitrogens with zero attached hydrogens (tertiary/aromatic N) is 3. The highest BCUT2D eigenvalue weighted by Crippen LogP contribution is 2.42. The minimum atomic E-state index is -0.281. The monoisotopic (exact) mass is 338 g/mol. The van der Waals surface area contributed by atoms with Gasteiger partial charge in [0.05, 0.1) is 0 Å². The standard InChI is InChI=1S/C18H18N4O3/c1-10-19-18-20-12-3-2-4-13(23)16(12)17(22(18)21-10)11-5-6-14-15(9-11)25-8-7-24-14/h5-6,9,17H,2-4,7-8H2,1H3,(H,19,20,21). The van der Waals surface area contributed by atoms with Crippen LogP contribution in [0.3, 0.4) is 0 Å². The Labute approximate surface area is 144 Å². The lowest BCUT2D eigenvalue weighted by atomic mass is 9.85. The highest BCUT2D eigenvalue weighted by molar-refractivity contribution is 5.99. The van der Waals surface area contributed by atoms with Gasteiger partial charge in [-0.1, -0.05) is 6.07 Å². The predicted octanol–water partition coefficient (Wildman–Crippen LogP) is 2.38. The first-order valence-electron chi connectivity index (χ1n) is 8.56. The maximum Gasteiger partial charge on any atom is 0.226 e. The Morgan fingerprint density at radius 2 is 2.04 bits per heavy atom. The largest absolute Gasteiger partial charge is 0.486 e. The van der Waals surface area contributed by atoms with Crippen LogP contribution in [0.25, 0.3) is 0 Å². The van der Waals surface area contributed by atoms with Crippen LogP contribution in [0.2, 0.25) is 0 Å². The Balaban J connectivity index is 1.69. The zero-order chi connectivity index (χ0) is 17.0. The third kappa shape index (κ3) is 2.22. The molecule has 1 aliphatic carbocycles. The minimum Gasteiger partial charge on any atom is -0.486 e. The highest BCUT2D eigenvalue weighted by atomic mass is 16.6. The molecule has 0 amide bonds. The van der Waals surface area contributed by atoms with Crippen molar-refractivity contribution in [3.8, 4) is 11.5 Å². The van der Waals surface area contributed by atoms with Gasteiger partial charge in [0.25, 0.3) is 0 Å². The van der Waals surface area contributed by atoms with Gasteiger partial charge in [0.2, 0.25) is 5.95 Å². The lowest BCUT2D eigenvalue weighted by Crippen LogP contribution is -2.31. The van der Waals surface area contributed by atoms with Gasteiger partial charge in [0, 0.05) is 17.7 Å². The van der Waals surface area contributed by atoms with Gasteiger partial charge in [0.1, 0.15) is 25.1 Å². The summed E-state index contributed by atoms with van der Waals surface area (Å²) in [5.74, 6) is 2.99. The van der Waals surface area contributed by atoms with Crippen molar-refractivity contribution in [3.05, 3.63) is 40.9 Å². The Morgan fingerprint density at radius 3 is 2.92 bits per heavy atom. The van der Waals surface area contributed by atoms with Gasteiger partial charge >= 0.3 is 0 Å². The van der Waals surface area contributed by atoms with Gasteiger partial charge in [-0.25, -0.2) is 4.68 Å². The first-order valence-corrected chi connectivity index (χ1v) is 8.56. The summed E-state index contributed by atoms with van der Waals surface area (Å²) in [5.41, 5.74) is 2.72. The number of rotatable bonds is 1.